The van der Waals surface area contributed by atoms with Crippen LogP contribution in [0.15, 0.2) is 0 Å². The lowest BCUT2D eigenvalue weighted by Gasteiger charge is -2.25. The number of amides is 1. The number of hydrogen-bond acceptors (Lipinski definition) is 5. The second kappa shape index (κ2) is 7.98. The van der Waals surface area contributed by atoms with Gasteiger partial charge in [-0.25, -0.2) is 12.7 Å². The molecule has 106 valence electrons. The van der Waals surface area contributed by atoms with Gasteiger partial charge in [0.15, 0.2) is 0 Å². The monoisotopic (exact) mass is 295 g/mol. The number of sulfonamides is 1. The number of carbonyl (C=O) groups excluding carboxylic acids is 1. The second-order valence-electron chi connectivity index (χ2n) is 4.07. The predicted molar refractivity (Wildman–Crippen MR) is 74.0 cm³/mol. The molecule has 0 spiro atoms. The van der Waals surface area contributed by atoms with Crippen LogP contribution in [-0.2, 0) is 14.8 Å². The van der Waals surface area contributed by atoms with Crippen molar-refractivity contribution < 1.29 is 13.2 Å². The average molecular weight is 295 g/mol. The van der Waals surface area contributed by atoms with E-state index in [9.17, 15) is 13.2 Å². The molecule has 1 amide bonds. The first-order valence-electron chi connectivity index (χ1n) is 6.08. The van der Waals surface area contributed by atoms with Gasteiger partial charge in [-0.2, -0.15) is 11.8 Å². The van der Waals surface area contributed by atoms with Gasteiger partial charge in [0.05, 0.1) is 5.75 Å². The van der Waals surface area contributed by atoms with Gasteiger partial charge in [0.2, 0.25) is 15.9 Å². The molecule has 0 aromatic rings. The predicted octanol–water partition coefficient (Wildman–Crippen LogP) is -0.780. The van der Waals surface area contributed by atoms with Gasteiger partial charge < -0.3 is 11.1 Å². The lowest BCUT2D eigenvalue weighted by Crippen LogP contribution is -2.41. The van der Waals surface area contributed by atoms with Gasteiger partial charge in [-0.15, -0.1) is 0 Å². The Bertz CT molecular complexity index is 353. The minimum atomic E-state index is -3.22. The summed E-state index contributed by atoms with van der Waals surface area (Å²) in [4.78, 5) is 11.3. The fourth-order valence-corrected chi connectivity index (χ4v) is 4.12. The Kier molecular flexibility index (Phi) is 6.98. The zero-order chi connectivity index (χ0) is 13.4. The number of hydrogen-bond donors (Lipinski definition) is 2. The molecule has 1 fully saturated rings. The Morgan fingerprint density at radius 2 is 2.00 bits per heavy atom. The number of nitrogens with one attached hydrogen (secondary N) is 1. The van der Waals surface area contributed by atoms with Crippen LogP contribution in [0, 0.1) is 0 Å². The fraction of sp³-hybridized carbons (Fsp3) is 0.900. The standard InChI is InChI=1S/C10H21N3O3S2/c11-3-1-2-10(14)12-4-9-18(15,16)13-5-7-17-8-6-13/h1-9,11H2,(H,12,14). The number of carbonyl (C=O) groups is 1. The zero-order valence-corrected chi connectivity index (χ0v) is 12.1. The van der Waals surface area contributed by atoms with E-state index < -0.39 is 10.0 Å². The van der Waals surface area contributed by atoms with Crippen molar-refractivity contribution in [3.05, 3.63) is 0 Å². The number of thioether (sulfide) groups is 1. The van der Waals surface area contributed by atoms with Crippen LogP contribution >= 0.6 is 11.8 Å². The van der Waals surface area contributed by atoms with E-state index in [1.54, 1.807) is 11.8 Å². The van der Waals surface area contributed by atoms with Gasteiger partial charge >= 0.3 is 0 Å². The van der Waals surface area contributed by atoms with Crippen molar-refractivity contribution in [2.24, 2.45) is 5.73 Å². The number of rotatable bonds is 7. The molecule has 1 saturated heterocycles. The maximum absolute atomic E-state index is 11.9. The van der Waals surface area contributed by atoms with Crippen LogP contribution in [0.4, 0.5) is 0 Å². The van der Waals surface area contributed by atoms with Crippen LogP contribution in [0.1, 0.15) is 12.8 Å². The molecule has 3 N–H and O–H groups in total. The molecule has 18 heavy (non-hydrogen) atoms. The molecule has 0 unspecified atom stereocenters. The highest BCUT2D eigenvalue weighted by Crippen LogP contribution is 2.12. The van der Waals surface area contributed by atoms with Crippen LogP contribution in [0.3, 0.4) is 0 Å². The molecular formula is C10H21N3O3S2. The van der Waals surface area contributed by atoms with E-state index in [0.29, 0.717) is 32.5 Å². The van der Waals surface area contributed by atoms with Crippen molar-refractivity contribution in [2.45, 2.75) is 12.8 Å². The molecule has 1 rings (SSSR count). The van der Waals surface area contributed by atoms with Crippen molar-refractivity contribution in [3.8, 4) is 0 Å². The Balaban J connectivity index is 2.26. The van der Waals surface area contributed by atoms with E-state index in [0.717, 1.165) is 11.5 Å². The molecule has 6 nitrogen and oxygen atoms in total. The molecule has 0 bridgehead atoms. The third kappa shape index (κ3) is 5.55. The van der Waals surface area contributed by atoms with Crippen molar-refractivity contribution in [2.75, 3.05) is 43.4 Å². The molecule has 0 aromatic carbocycles. The third-order valence-electron chi connectivity index (χ3n) is 2.65. The maximum Gasteiger partial charge on any atom is 0.220 e. The van der Waals surface area contributed by atoms with E-state index in [-0.39, 0.29) is 18.2 Å². The van der Waals surface area contributed by atoms with Crippen molar-refractivity contribution in [1.82, 2.24) is 9.62 Å². The summed E-state index contributed by atoms with van der Waals surface area (Å²) in [5, 5.41) is 2.61. The first-order valence-corrected chi connectivity index (χ1v) is 8.85. The molecule has 8 heteroatoms. The summed E-state index contributed by atoms with van der Waals surface area (Å²) < 4.78 is 25.4. The van der Waals surface area contributed by atoms with Crippen LogP contribution in [0.5, 0.6) is 0 Å². The normalized spacial score (nSPS) is 17.6. The first-order chi connectivity index (χ1) is 8.56. The third-order valence-corrected chi connectivity index (χ3v) is 5.47. The molecule has 0 atom stereocenters. The maximum atomic E-state index is 11.9. The number of nitrogens with two attached hydrogens (primary N) is 1. The molecule has 1 heterocycles. The molecule has 0 radical (unpaired) electrons. The van der Waals surface area contributed by atoms with E-state index in [2.05, 4.69) is 5.32 Å². The lowest BCUT2D eigenvalue weighted by molar-refractivity contribution is -0.121. The van der Waals surface area contributed by atoms with Crippen LogP contribution in [-0.4, -0.2) is 62.1 Å². The Labute approximate surface area is 113 Å². The summed E-state index contributed by atoms with van der Waals surface area (Å²) >= 11 is 1.76. The Morgan fingerprint density at radius 3 is 2.61 bits per heavy atom. The Morgan fingerprint density at radius 1 is 1.33 bits per heavy atom. The van der Waals surface area contributed by atoms with Gasteiger partial charge in [-0.3, -0.25) is 4.79 Å². The summed E-state index contributed by atoms with van der Waals surface area (Å²) in [5.74, 6) is 1.54. The van der Waals surface area contributed by atoms with Gasteiger partial charge in [0.25, 0.3) is 0 Å². The summed E-state index contributed by atoms with van der Waals surface area (Å²) in [6, 6.07) is 0. The van der Waals surface area contributed by atoms with E-state index >= 15 is 0 Å². The van der Waals surface area contributed by atoms with Crippen LogP contribution < -0.4 is 11.1 Å². The van der Waals surface area contributed by atoms with Crippen molar-refractivity contribution >= 4 is 27.7 Å². The van der Waals surface area contributed by atoms with Gasteiger partial charge in [-0.05, 0) is 13.0 Å². The number of nitrogens with zero attached hydrogens (tertiary/aromatic N) is 1. The summed E-state index contributed by atoms with van der Waals surface area (Å²) in [6.07, 6.45) is 0.985. The van der Waals surface area contributed by atoms with Crippen molar-refractivity contribution in [3.63, 3.8) is 0 Å². The highest BCUT2D eigenvalue weighted by molar-refractivity contribution is 7.99. The molecule has 1 aliphatic heterocycles. The summed E-state index contributed by atoms with van der Waals surface area (Å²) in [5.41, 5.74) is 5.29. The topological polar surface area (TPSA) is 92.5 Å². The minimum absolute atomic E-state index is 0.0218. The first kappa shape index (κ1) is 15.7. The fourth-order valence-electron chi connectivity index (χ4n) is 1.62. The molecule has 0 aromatic heterocycles. The van der Waals surface area contributed by atoms with Gasteiger partial charge in [-0.1, -0.05) is 0 Å². The summed E-state index contributed by atoms with van der Waals surface area (Å²) in [7, 11) is -3.22. The molecule has 0 aliphatic carbocycles. The van der Waals surface area contributed by atoms with E-state index in [1.807, 2.05) is 0 Å². The van der Waals surface area contributed by atoms with E-state index in [4.69, 9.17) is 5.73 Å². The SMILES string of the molecule is NCCCC(=O)NCCS(=O)(=O)N1CCSCC1. The average Bonchev–Trinajstić information content (AvgIpc) is 2.37. The van der Waals surface area contributed by atoms with Crippen LogP contribution in [0.2, 0.25) is 0 Å². The Hall–Kier alpha value is -0.310. The van der Waals surface area contributed by atoms with Crippen LogP contribution in [0.25, 0.3) is 0 Å². The summed E-state index contributed by atoms with van der Waals surface area (Å²) in [6.45, 7) is 1.80. The molecule has 0 saturated carbocycles. The zero-order valence-electron chi connectivity index (χ0n) is 10.4. The highest BCUT2D eigenvalue weighted by Gasteiger charge is 2.23. The quantitative estimate of drug-likeness (QED) is 0.643. The van der Waals surface area contributed by atoms with Gasteiger partial charge in [0.1, 0.15) is 0 Å². The second-order valence-corrected chi connectivity index (χ2v) is 7.38. The highest BCUT2D eigenvalue weighted by atomic mass is 32.2. The lowest BCUT2D eigenvalue weighted by atomic mass is 10.3. The smallest absolute Gasteiger partial charge is 0.220 e. The van der Waals surface area contributed by atoms with E-state index in [1.165, 1.54) is 4.31 Å². The van der Waals surface area contributed by atoms with Gasteiger partial charge in [0, 0.05) is 37.6 Å². The molecular weight excluding hydrogens is 274 g/mol. The minimum Gasteiger partial charge on any atom is -0.355 e. The molecule has 1 aliphatic rings. The van der Waals surface area contributed by atoms with Crippen molar-refractivity contribution in [1.29, 1.82) is 0 Å². The largest absolute Gasteiger partial charge is 0.355 e.